The summed E-state index contributed by atoms with van der Waals surface area (Å²) in [5, 5.41) is 2.22. The van der Waals surface area contributed by atoms with E-state index in [2.05, 4.69) is 5.32 Å². The van der Waals surface area contributed by atoms with E-state index in [0.29, 0.717) is 31.5 Å². The zero-order valence-electron chi connectivity index (χ0n) is 20.9. The van der Waals surface area contributed by atoms with E-state index in [9.17, 15) is 35.9 Å². The summed E-state index contributed by atoms with van der Waals surface area (Å²) in [6.45, 7) is 0.0260. The third-order valence-electron chi connectivity index (χ3n) is 7.11. The summed E-state index contributed by atoms with van der Waals surface area (Å²) >= 11 is 0. The predicted octanol–water partition coefficient (Wildman–Crippen LogP) is 6.42. The molecule has 0 bridgehead atoms. The van der Waals surface area contributed by atoms with Crippen LogP contribution in [0.1, 0.15) is 61.8 Å². The number of nitrogens with zero attached hydrogens (tertiary/aromatic N) is 3. The number of anilines is 1. The Balaban J connectivity index is 1.58. The van der Waals surface area contributed by atoms with Crippen molar-refractivity contribution in [3.8, 4) is 0 Å². The highest BCUT2D eigenvalue weighted by molar-refractivity contribution is 5.93. The Kier molecular flexibility index (Phi) is 7.98. The predicted molar refractivity (Wildman–Crippen MR) is 128 cm³/mol. The van der Waals surface area contributed by atoms with Crippen molar-refractivity contribution in [1.29, 1.82) is 0 Å². The first kappa shape index (κ1) is 27.8. The maximum Gasteiger partial charge on any atom is 0.416 e. The summed E-state index contributed by atoms with van der Waals surface area (Å²) in [4.78, 5) is 29.7. The second-order valence-electron chi connectivity index (χ2n) is 10.0. The van der Waals surface area contributed by atoms with Crippen molar-refractivity contribution < 1.29 is 35.9 Å². The molecule has 208 valence electrons. The van der Waals surface area contributed by atoms with Crippen molar-refractivity contribution in [3.05, 3.63) is 53.3 Å². The SMILES string of the molecule is Cn1cccc1CN(C(=O)CN(C(=O)Nc1cc(C(F)(F)F)cc(C(F)(F)F)c1)C1CCCCC1)C1CC1. The highest BCUT2D eigenvalue weighted by Gasteiger charge is 2.38. The molecule has 12 heteroatoms. The van der Waals surface area contributed by atoms with Gasteiger partial charge in [0.2, 0.25) is 5.91 Å². The summed E-state index contributed by atoms with van der Waals surface area (Å²) in [6, 6.07) is 3.49. The number of carbonyl (C=O) groups excluding carboxylic acids is 2. The molecule has 2 aromatic rings. The monoisotopic (exact) mass is 544 g/mol. The van der Waals surface area contributed by atoms with E-state index in [-0.39, 0.29) is 30.6 Å². The number of halogens is 6. The van der Waals surface area contributed by atoms with Crippen LogP contribution in [0.4, 0.5) is 36.8 Å². The molecular formula is C26H30F6N4O2. The van der Waals surface area contributed by atoms with Gasteiger partial charge in [0.1, 0.15) is 6.54 Å². The Labute approximate surface area is 216 Å². The first-order valence-corrected chi connectivity index (χ1v) is 12.6. The molecule has 0 radical (unpaired) electrons. The van der Waals surface area contributed by atoms with Crippen molar-refractivity contribution in [2.24, 2.45) is 7.05 Å². The van der Waals surface area contributed by atoms with Gasteiger partial charge in [0.15, 0.2) is 0 Å². The maximum absolute atomic E-state index is 13.4. The van der Waals surface area contributed by atoms with E-state index in [4.69, 9.17) is 0 Å². The zero-order valence-corrected chi connectivity index (χ0v) is 20.9. The minimum atomic E-state index is -5.04. The normalized spacial score (nSPS) is 16.8. The van der Waals surface area contributed by atoms with Crippen molar-refractivity contribution >= 4 is 17.6 Å². The molecule has 0 saturated heterocycles. The lowest BCUT2D eigenvalue weighted by Gasteiger charge is -2.35. The molecular weight excluding hydrogens is 514 g/mol. The Bertz CT molecular complexity index is 1120. The van der Waals surface area contributed by atoms with Gasteiger partial charge in [-0.05, 0) is 56.0 Å². The average molecular weight is 545 g/mol. The molecule has 0 spiro atoms. The molecule has 2 aliphatic carbocycles. The van der Waals surface area contributed by atoms with Gasteiger partial charge in [-0.2, -0.15) is 26.3 Å². The summed E-state index contributed by atoms with van der Waals surface area (Å²) < 4.78 is 81.7. The Morgan fingerprint density at radius 2 is 1.47 bits per heavy atom. The van der Waals surface area contributed by atoms with Gasteiger partial charge in [-0.25, -0.2) is 4.79 Å². The van der Waals surface area contributed by atoms with Gasteiger partial charge < -0.3 is 19.7 Å². The summed E-state index contributed by atoms with van der Waals surface area (Å²) in [6.07, 6.45) is -2.81. The second-order valence-corrected chi connectivity index (χ2v) is 10.0. The van der Waals surface area contributed by atoms with Gasteiger partial charge in [0.25, 0.3) is 0 Å². The molecule has 2 aliphatic rings. The molecule has 1 N–H and O–H groups in total. The molecule has 2 saturated carbocycles. The van der Waals surface area contributed by atoms with Crippen LogP contribution in [0.3, 0.4) is 0 Å². The summed E-state index contributed by atoms with van der Waals surface area (Å²) in [5.41, 5.74) is -2.77. The maximum atomic E-state index is 13.4. The molecule has 0 aliphatic heterocycles. The fourth-order valence-electron chi connectivity index (χ4n) is 4.86. The highest BCUT2D eigenvalue weighted by Crippen LogP contribution is 2.38. The van der Waals surface area contributed by atoms with Crippen LogP contribution >= 0.6 is 0 Å². The number of rotatable bonds is 7. The Hall–Kier alpha value is -3.18. The molecule has 1 aromatic carbocycles. The molecule has 1 aromatic heterocycles. The number of hydrogen-bond acceptors (Lipinski definition) is 2. The van der Waals surface area contributed by atoms with Crippen molar-refractivity contribution in [1.82, 2.24) is 14.4 Å². The second kappa shape index (κ2) is 10.9. The number of aryl methyl sites for hydroxylation is 1. The molecule has 0 unspecified atom stereocenters. The first-order chi connectivity index (χ1) is 17.8. The number of amides is 3. The van der Waals surface area contributed by atoms with Crippen LogP contribution in [0.25, 0.3) is 0 Å². The number of urea groups is 1. The Morgan fingerprint density at radius 1 is 0.895 bits per heavy atom. The minimum absolute atomic E-state index is 0.00911. The lowest BCUT2D eigenvalue weighted by atomic mass is 9.94. The van der Waals surface area contributed by atoms with Crippen molar-refractivity contribution in [2.45, 2.75) is 75.9 Å². The van der Waals surface area contributed by atoms with E-state index < -0.39 is 35.2 Å². The van der Waals surface area contributed by atoms with Crippen LogP contribution in [0.15, 0.2) is 36.5 Å². The van der Waals surface area contributed by atoms with Gasteiger partial charge >= 0.3 is 18.4 Å². The number of hydrogen-bond donors (Lipinski definition) is 1. The third-order valence-corrected chi connectivity index (χ3v) is 7.11. The molecule has 2 fully saturated rings. The van der Waals surface area contributed by atoms with E-state index in [1.54, 1.807) is 4.90 Å². The third kappa shape index (κ3) is 6.82. The molecule has 1 heterocycles. The zero-order chi connectivity index (χ0) is 27.7. The first-order valence-electron chi connectivity index (χ1n) is 12.6. The van der Waals surface area contributed by atoms with Crippen LogP contribution in [-0.4, -0.2) is 44.9 Å². The lowest BCUT2D eigenvalue weighted by molar-refractivity contribution is -0.143. The number of alkyl halides is 6. The average Bonchev–Trinajstić information content (AvgIpc) is 3.61. The van der Waals surface area contributed by atoms with Gasteiger partial charge in [-0.15, -0.1) is 0 Å². The summed E-state index contributed by atoms with van der Waals surface area (Å²) in [7, 11) is 1.86. The van der Waals surface area contributed by atoms with E-state index in [1.807, 2.05) is 29.9 Å². The molecule has 3 amide bonds. The van der Waals surface area contributed by atoms with E-state index in [0.717, 1.165) is 37.8 Å². The molecule has 6 nitrogen and oxygen atoms in total. The fraction of sp³-hybridized carbons (Fsp3) is 0.538. The number of nitrogens with one attached hydrogen (secondary N) is 1. The highest BCUT2D eigenvalue weighted by atomic mass is 19.4. The van der Waals surface area contributed by atoms with Crippen LogP contribution in [0, 0.1) is 0 Å². The largest absolute Gasteiger partial charge is 0.416 e. The van der Waals surface area contributed by atoms with Gasteiger partial charge in [0.05, 0.1) is 17.7 Å². The van der Waals surface area contributed by atoms with Crippen LogP contribution in [0.2, 0.25) is 0 Å². The number of benzene rings is 1. The minimum Gasteiger partial charge on any atom is -0.353 e. The topological polar surface area (TPSA) is 57.6 Å². The molecule has 38 heavy (non-hydrogen) atoms. The summed E-state index contributed by atoms with van der Waals surface area (Å²) in [5.74, 6) is -0.311. The van der Waals surface area contributed by atoms with Gasteiger partial charge in [-0.1, -0.05) is 19.3 Å². The molecule has 4 rings (SSSR count). The fourth-order valence-corrected chi connectivity index (χ4v) is 4.86. The standard InChI is InChI=1S/C26H30F6N4O2/c1-34-11-5-8-22(34)15-35(21-9-10-21)23(37)16-36(20-6-3-2-4-7-20)24(38)33-19-13-17(25(27,28)29)12-18(14-19)26(30,31)32/h5,8,11-14,20-21H,2-4,6-7,9-10,15-16H2,1H3,(H,33,38). The van der Waals surface area contributed by atoms with Crippen LogP contribution in [0.5, 0.6) is 0 Å². The van der Waals surface area contributed by atoms with Crippen LogP contribution in [-0.2, 0) is 30.7 Å². The van der Waals surface area contributed by atoms with Crippen molar-refractivity contribution in [2.75, 3.05) is 11.9 Å². The lowest BCUT2D eigenvalue weighted by Crippen LogP contribution is -2.50. The number of carbonyl (C=O) groups is 2. The molecule has 0 atom stereocenters. The van der Waals surface area contributed by atoms with Gasteiger partial charge in [0, 0.05) is 36.7 Å². The van der Waals surface area contributed by atoms with E-state index in [1.165, 1.54) is 4.90 Å². The quantitative estimate of drug-likeness (QED) is 0.409. The van der Waals surface area contributed by atoms with E-state index >= 15 is 0 Å². The smallest absolute Gasteiger partial charge is 0.353 e. The van der Waals surface area contributed by atoms with Crippen LogP contribution < -0.4 is 5.32 Å². The Morgan fingerprint density at radius 3 is 1.97 bits per heavy atom. The van der Waals surface area contributed by atoms with Gasteiger partial charge in [-0.3, -0.25) is 4.79 Å². The number of aromatic nitrogens is 1. The van der Waals surface area contributed by atoms with Crippen molar-refractivity contribution in [3.63, 3.8) is 0 Å².